The summed E-state index contributed by atoms with van der Waals surface area (Å²) in [7, 11) is -1.91. The molecule has 1 aromatic carbocycles. The van der Waals surface area contributed by atoms with Gasteiger partial charge in [0.05, 0.1) is 24.8 Å². The molecule has 4 heterocycles. The molecular weight excluding hydrogens is 577 g/mol. The molecule has 214 valence electrons. The fourth-order valence-electron chi connectivity index (χ4n) is 4.93. The van der Waals surface area contributed by atoms with Crippen LogP contribution in [0.5, 0.6) is 0 Å². The fourth-order valence-corrected chi connectivity index (χ4v) is 9.07. The Morgan fingerprint density at radius 1 is 1.23 bits per heavy atom. The Hall–Kier alpha value is -3.11. The second kappa shape index (κ2) is 11.4. The highest BCUT2D eigenvalue weighted by atomic mass is 32.2. The molecule has 2 aromatic heterocycles. The molecule has 1 saturated heterocycles. The molecule has 0 bridgehead atoms. The van der Waals surface area contributed by atoms with Crippen molar-refractivity contribution in [3.63, 3.8) is 0 Å². The van der Waals surface area contributed by atoms with Gasteiger partial charge in [-0.05, 0) is 43.6 Å². The van der Waals surface area contributed by atoms with Gasteiger partial charge in [0.2, 0.25) is 0 Å². The molecule has 0 spiro atoms. The van der Waals surface area contributed by atoms with Crippen LogP contribution in [0.25, 0.3) is 10.1 Å². The molecule has 0 radical (unpaired) electrons. The lowest BCUT2D eigenvalue weighted by Gasteiger charge is -2.39. The summed E-state index contributed by atoms with van der Waals surface area (Å²) in [5.74, 6) is -0.874. The number of carbonyl (C=O) groups excluding carboxylic acids is 2. The average molecular weight is 607 g/mol. The number of piperazine rings is 1. The van der Waals surface area contributed by atoms with E-state index in [0.29, 0.717) is 16.0 Å². The number of sulfonamides is 1. The molecule has 3 aromatic rings. The van der Waals surface area contributed by atoms with Crippen molar-refractivity contribution in [2.24, 2.45) is 10.9 Å². The number of likely N-dealkylation sites (N-methyl/N-ethyl adjacent to an activating group) is 1. The number of thiazole rings is 1. The van der Waals surface area contributed by atoms with Gasteiger partial charge >= 0.3 is 5.97 Å². The Kier molecular flexibility index (Phi) is 8.10. The first-order valence-electron chi connectivity index (χ1n) is 12.8. The molecule has 1 atom stereocenters. The molecule has 2 aliphatic heterocycles. The Morgan fingerprint density at radius 2 is 2.02 bits per heavy atom. The Labute approximate surface area is 239 Å². The number of amides is 1. The van der Waals surface area contributed by atoms with Crippen LogP contribution in [0.3, 0.4) is 0 Å². The first kappa shape index (κ1) is 28.4. The number of hydrogen-bond donors (Lipinski definition) is 2. The van der Waals surface area contributed by atoms with E-state index in [0.717, 1.165) is 46.1 Å². The largest absolute Gasteiger partial charge is 0.466 e. The highest BCUT2D eigenvalue weighted by Crippen LogP contribution is 2.33. The standard InChI is InChI=1S/C25H30N6O6S3/c1-3-37-21(32)12-17-13-30(8-9-31(17)25(33)24-27-18-6-7-29(2)14-20(18)39-24)40(35,36)22-11-16-10-15(23(26)28-34)4-5-19(16)38-22/h4-5,10-11,17,34H,3,6-9,12-14H2,1-2H3,(H2,26,28). The Bertz CT molecular complexity index is 1580. The van der Waals surface area contributed by atoms with Crippen molar-refractivity contribution in [3.05, 3.63) is 45.4 Å². The first-order valence-corrected chi connectivity index (χ1v) is 15.8. The molecule has 1 fully saturated rings. The first-order chi connectivity index (χ1) is 19.1. The number of amidine groups is 1. The van der Waals surface area contributed by atoms with Crippen molar-refractivity contribution < 1.29 is 28.0 Å². The number of nitrogens with zero attached hydrogens (tertiary/aromatic N) is 5. The molecule has 12 nitrogen and oxygen atoms in total. The van der Waals surface area contributed by atoms with E-state index in [2.05, 4.69) is 15.0 Å². The fraction of sp³-hybridized carbons (Fsp3) is 0.440. The van der Waals surface area contributed by atoms with Crippen molar-refractivity contribution >= 4 is 60.5 Å². The molecule has 0 aliphatic carbocycles. The summed E-state index contributed by atoms with van der Waals surface area (Å²) in [5.41, 5.74) is 7.08. The molecule has 5 rings (SSSR count). The number of nitrogens with two attached hydrogens (primary N) is 1. The zero-order valence-electron chi connectivity index (χ0n) is 22.1. The highest BCUT2D eigenvalue weighted by molar-refractivity contribution is 7.91. The zero-order valence-corrected chi connectivity index (χ0v) is 24.5. The molecule has 1 unspecified atom stereocenters. The third kappa shape index (κ3) is 5.56. The SMILES string of the molecule is CCOC(=O)CC1CN(S(=O)(=O)c2cc3cc(C(N)=NO)ccc3s2)CCN1C(=O)c1nc2c(s1)CN(C)CC2. The van der Waals surface area contributed by atoms with Gasteiger partial charge in [-0.1, -0.05) is 5.16 Å². The van der Waals surface area contributed by atoms with E-state index < -0.39 is 22.0 Å². The van der Waals surface area contributed by atoms with Crippen LogP contribution in [0.1, 0.15) is 39.3 Å². The summed E-state index contributed by atoms with van der Waals surface area (Å²) in [6.07, 6.45) is 0.638. The molecule has 15 heteroatoms. The van der Waals surface area contributed by atoms with Crippen LogP contribution in [-0.4, -0.2) is 96.3 Å². The monoisotopic (exact) mass is 606 g/mol. The number of rotatable bonds is 7. The average Bonchev–Trinajstić information content (AvgIpc) is 3.56. The van der Waals surface area contributed by atoms with Crippen LogP contribution in [-0.2, 0) is 32.5 Å². The summed E-state index contributed by atoms with van der Waals surface area (Å²) in [5, 5.41) is 13.0. The number of aromatic nitrogens is 1. The van der Waals surface area contributed by atoms with Crippen molar-refractivity contribution in [1.29, 1.82) is 0 Å². The van der Waals surface area contributed by atoms with Crippen LogP contribution < -0.4 is 5.73 Å². The van der Waals surface area contributed by atoms with Crippen molar-refractivity contribution in [2.45, 2.75) is 36.6 Å². The lowest BCUT2D eigenvalue weighted by Crippen LogP contribution is -2.57. The van der Waals surface area contributed by atoms with Crippen LogP contribution in [0.2, 0.25) is 0 Å². The number of hydrogen-bond acceptors (Lipinski definition) is 11. The summed E-state index contributed by atoms with van der Waals surface area (Å²) in [4.78, 5) is 35.5. The molecule has 40 heavy (non-hydrogen) atoms. The van der Waals surface area contributed by atoms with E-state index in [-0.39, 0.29) is 48.6 Å². The number of oxime groups is 1. The summed E-state index contributed by atoms with van der Waals surface area (Å²) in [6.45, 7) is 3.62. The third-order valence-corrected chi connectivity index (χ3v) is 11.5. The minimum absolute atomic E-state index is 0.0513. The number of carbonyl (C=O) groups is 2. The minimum atomic E-state index is -3.93. The maximum atomic E-state index is 13.7. The molecular formula is C25H30N6O6S3. The van der Waals surface area contributed by atoms with Crippen molar-refractivity contribution in [1.82, 2.24) is 19.1 Å². The summed E-state index contributed by atoms with van der Waals surface area (Å²) >= 11 is 2.47. The van der Waals surface area contributed by atoms with Gasteiger partial charge in [-0.15, -0.1) is 22.7 Å². The van der Waals surface area contributed by atoms with E-state index in [1.165, 1.54) is 15.6 Å². The van der Waals surface area contributed by atoms with Gasteiger partial charge in [-0.25, -0.2) is 13.4 Å². The van der Waals surface area contributed by atoms with Crippen molar-refractivity contribution in [2.75, 3.05) is 39.8 Å². The van der Waals surface area contributed by atoms with Gasteiger partial charge in [0.1, 0.15) is 4.21 Å². The number of ether oxygens (including phenoxy) is 1. The van der Waals surface area contributed by atoms with Gasteiger partial charge in [-0.3, -0.25) is 9.59 Å². The van der Waals surface area contributed by atoms with Crippen LogP contribution in [0, 0.1) is 0 Å². The lowest BCUT2D eigenvalue weighted by atomic mass is 10.1. The second-order valence-corrected chi connectivity index (χ2v) is 14.0. The molecule has 2 aliphatic rings. The maximum Gasteiger partial charge on any atom is 0.307 e. The summed E-state index contributed by atoms with van der Waals surface area (Å²) in [6, 6.07) is 5.88. The highest BCUT2D eigenvalue weighted by Gasteiger charge is 2.39. The van der Waals surface area contributed by atoms with E-state index in [9.17, 15) is 18.0 Å². The van der Waals surface area contributed by atoms with Gasteiger partial charge in [0, 0.05) is 54.3 Å². The lowest BCUT2D eigenvalue weighted by molar-refractivity contribution is -0.144. The summed E-state index contributed by atoms with van der Waals surface area (Å²) < 4.78 is 34.7. The predicted molar refractivity (Wildman–Crippen MR) is 151 cm³/mol. The van der Waals surface area contributed by atoms with Crippen molar-refractivity contribution in [3.8, 4) is 0 Å². The number of fused-ring (bicyclic) bond motifs is 2. The predicted octanol–water partition coefficient (Wildman–Crippen LogP) is 1.91. The van der Waals surface area contributed by atoms with Crippen LogP contribution in [0.4, 0.5) is 0 Å². The Morgan fingerprint density at radius 3 is 2.77 bits per heavy atom. The molecule has 1 amide bonds. The van der Waals surface area contributed by atoms with Gasteiger partial charge in [0.25, 0.3) is 15.9 Å². The number of benzene rings is 1. The quantitative estimate of drug-likeness (QED) is 0.135. The van der Waals surface area contributed by atoms with E-state index >= 15 is 0 Å². The van der Waals surface area contributed by atoms with Gasteiger partial charge < -0.3 is 25.5 Å². The Balaban J connectivity index is 1.40. The van der Waals surface area contributed by atoms with E-state index in [1.807, 2.05) is 7.05 Å². The van der Waals surface area contributed by atoms with Gasteiger partial charge in [0.15, 0.2) is 10.8 Å². The third-order valence-electron chi connectivity index (χ3n) is 7.01. The van der Waals surface area contributed by atoms with Crippen LogP contribution in [0.15, 0.2) is 33.6 Å². The van der Waals surface area contributed by atoms with E-state index in [4.69, 9.17) is 15.7 Å². The minimum Gasteiger partial charge on any atom is -0.466 e. The molecule has 0 saturated carbocycles. The van der Waals surface area contributed by atoms with Gasteiger partial charge in [-0.2, -0.15) is 4.31 Å². The number of esters is 1. The van der Waals surface area contributed by atoms with E-state index in [1.54, 1.807) is 36.1 Å². The normalized spacial score (nSPS) is 19.1. The smallest absolute Gasteiger partial charge is 0.307 e. The number of thiophene rings is 1. The second-order valence-electron chi connectivity index (χ2n) is 9.70. The topological polar surface area (TPSA) is 159 Å². The molecule has 3 N–H and O–H groups in total. The maximum absolute atomic E-state index is 13.7. The zero-order chi connectivity index (χ0) is 28.6. The van der Waals surface area contributed by atoms with Crippen LogP contribution >= 0.6 is 22.7 Å².